The number of nitrogens with zero attached hydrogens (tertiary/aromatic N) is 2. The smallest absolute Gasteiger partial charge is 0.316 e. The summed E-state index contributed by atoms with van der Waals surface area (Å²) in [4.78, 5) is 29.4. The zero-order chi connectivity index (χ0) is 24.5. The van der Waals surface area contributed by atoms with Gasteiger partial charge in [-0.3, -0.25) is 9.59 Å². The topological polar surface area (TPSA) is 131 Å². The van der Waals surface area contributed by atoms with E-state index < -0.39 is 17.6 Å². The van der Waals surface area contributed by atoms with E-state index in [1.807, 2.05) is 0 Å². The van der Waals surface area contributed by atoms with Crippen molar-refractivity contribution in [2.24, 2.45) is 39.9 Å². The number of aromatic amines is 1. The average molecular weight is 491 g/mol. The summed E-state index contributed by atoms with van der Waals surface area (Å²) in [5, 5.41) is 19.9. The lowest BCUT2D eigenvalue weighted by Crippen LogP contribution is -2.63. The molecule has 0 aromatic carbocycles. The van der Waals surface area contributed by atoms with Crippen LogP contribution in [0.4, 0.5) is 5.95 Å². The molecule has 34 heavy (non-hydrogen) atoms. The fraction of sp³-hybridized carbons (Fsp3) is 0.840. The zero-order valence-corrected chi connectivity index (χ0v) is 21.5. The minimum Gasteiger partial charge on any atom is -0.461 e. The number of nitrogens with two attached hydrogens (primary N) is 1. The Morgan fingerprint density at radius 3 is 2.62 bits per heavy atom. The van der Waals surface area contributed by atoms with Gasteiger partial charge in [0.25, 0.3) is 0 Å². The molecule has 0 spiro atoms. The molecule has 4 fully saturated rings. The standard InChI is InChI=1S/C25H38N4O4S/c1-13-7-9-25-10-8-16(30)19(25)24(13,4)17(11-23(3,15-5-6-15)20(32)14(25)2)33-18(31)12-34-22-27-21(26)28-29-22/h13-15,17,19-20,32H,5-12H2,1-4H3,(H3,26,27,28,29)/t13-,14+,17-,19?,20+,23+,24+,25?/m1/s1. The van der Waals surface area contributed by atoms with Crippen molar-refractivity contribution in [1.29, 1.82) is 0 Å². The molecular weight excluding hydrogens is 452 g/mol. The van der Waals surface area contributed by atoms with Gasteiger partial charge >= 0.3 is 5.97 Å². The second kappa shape index (κ2) is 8.22. The van der Waals surface area contributed by atoms with Crippen LogP contribution in [-0.4, -0.2) is 50.0 Å². The van der Waals surface area contributed by atoms with Gasteiger partial charge in [0.2, 0.25) is 5.95 Å². The number of aromatic nitrogens is 3. The Morgan fingerprint density at radius 2 is 1.97 bits per heavy atom. The van der Waals surface area contributed by atoms with Gasteiger partial charge in [-0.1, -0.05) is 39.5 Å². The SMILES string of the molecule is C[C@@H]1CCC23CCC(=O)C2[C@]1(C)[C@H](OC(=O)CSc1nnc(N)[nH]1)C[C@@](C)(C1CC1)[C@@H](O)[C@@H]3C. The van der Waals surface area contributed by atoms with Crippen molar-refractivity contribution in [3.05, 3.63) is 0 Å². The van der Waals surface area contributed by atoms with E-state index in [1.54, 1.807) is 0 Å². The van der Waals surface area contributed by atoms with Crippen LogP contribution in [0.3, 0.4) is 0 Å². The van der Waals surface area contributed by atoms with Crippen molar-refractivity contribution >= 4 is 29.5 Å². The Kier molecular flexibility index (Phi) is 5.83. The van der Waals surface area contributed by atoms with Crippen molar-refractivity contribution in [3.63, 3.8) is 0 Å². The number of H-pyrrole nitrogens is 1. The molecule has 8 nitrogen and oxygen atoms in total. The third-order valence-corrected chi connectivity index (χ3v) is 11.3. The molecule has 2 unspecified atom stereocenters. The molecule has 1 aromatic heterocycles. The summed E-state index contributed by atoms with van der Waals surface area (Å²) in [5.41, 5.74) is 4.59. The Balaban J connectivity index is 1.50. The molecule has 9 heteroatoms. The van der Waals surface area contributed by atoms with E-state index in [-0.39, 0.29) is 52.0 Å². The van der Waals surface area contributed by atoms with Crippen LogP contribution in [0.1, 0.15) is 72.6 Å². The Morgan fingerprint density at radius 1 is 1.24 bits per heavy atom. The van der Waals surface area contributed by atoms with E-state index in [4.69, 9.17) is 10.5 Å². The Bertz CT molecular complexity index is 982. The predicted octanol–water partition coefficient (Wildman–Crippen LogP) is 3.61. The second-order valence-electron chi connectivity index (χ2n) is 11.9. The zero-order valence-electron chi connectivity index (χ0n) is 20.7. The van der Waals surface area contributed by atoms with Crippen molar-refractivity contribution in [3.8, 4) is 0 Å². The lowest BCUT2D eigenvalue weighted by Gasteiger charge is -2.62. The number of aliphatic hydroxyl groups excluding tert-OH is 1. The first-order valence-electron chi connectivity index (χ1n) is 12.7. The number of Topliss-reactive ketones (excluding diaryl/α,β-unsaturated/α-hetero) is 1. The summed E-state index contributed by atoms with van der Waals surface area (Å²) in [7, 11) is 0. The van der Waals surface area contributed by atoms with Crippen LogP contribution in [0.2, 0.25) is 0 Å². The quantitative estimate of drug-likeness (QED) is 0.421. The Labute approximate surface area is 205 Å². The van der Waals surface area contributed by atoms with Gasteiger partial charge in [0, 0.05) is 23.2 Å². The van der Waals surface area contributed by atoms with Crippen LogP contribution in [0, 0.1) is 39.9 Å². The lowest BCUT2D eigenvalue weighted by molar-refractivity contribution is -0.213. The number of hydrogen-bond donors (Lipinski definition) is 3. The number of ketones is 1. The minimum atomic E-state index is -0.515. The van der Waals surface area contributed by atoms with Crippen molar-refractivity contribution in [2.75, 3.05) is 11.5 Å². The molecule has 4 aliphatic rings. The predicted molar refractivity (Wildman–Crippen MR) is 129 cm³/mol. The number of esters is 1. The summed E-state index contributed by atoms with van der Waals surface area (Å²) in [6.45, 7) is 8.79. The maximum Gasteiger partial charge on any atom is 0.316 e. The molecule has 4 aliphatic carbocycles. The van der Waals surface area contributed by atoms with Crippen molar-refractivity contribution in [2.45, 2.75) is 90.0 Å². The largest absolute Gasteiger partial charge is 0.461 e. The first-order valence-corrected chi connectivity index (χ1v) is 13.7. The van der Waals surface area contributed by atoms with Gasteiger partial charge in [-0.25, -0.2) is 0 Å². The van der Waals surface area contributed by atoms with E-state index in [0.717, 1.165) is 32.1 Å². The summed E-state index contributed by atoms with van der Waals surface area (Å²) in [6.07, 6.45) is 5.20. The van der Waals surface area contributed by atoms with E-state index >= 15 is 0 Å². The lowest BCUT2D eigenvalue weighted by atomic mass is 9.43. The van der Waals surface area contributed by atoms with Crippen LogP contribution in [0.5, 0.6) is 0 Å². The average Bonchev–Trinajstić information content (AvgIpc) is 3.49. The number of rotatable bonds is 5. The number of aliphatic hydroxyl groups is 1. The van der Waals surface area contributed by atoms with E-state index in [2.05, 4.69) is 42.9 Å². The number of ether oxygens (including phenoxy) is 1. The van der Waals surface area contributed by atoms with E-state index in [1.165, 1.54) is 11.8 Å². The third-order valence-electron chi connectivity index (χ3n) is 10.4. The van der Waals surface area contributed by atoms with Gasteiger partial charge in [0.1, 0.15) is 11.9 Å². The molecule has 4 N–H and O–H groups in total. The molecule has 1 heterocycles. The molecule has 5 rings (SSSR count). The first-order chi connectivity index (χ1) is 16.0. The molecule has 188 valence electrons. The summed E-state index contributed by atoms with van der Waals surface area (Å²) in [6, 6.07) is 0. The number of hydrogen-bond acceptors (Lipinski definition) is 8. The third kappa shape index (κ3) is 3.52. The fourth-order valence-corrected chi connectivity index (χ4v) is 8.69. The molecular formula is C25H38N4O4S. The molecule has 0 radical (unpaired) electrons. The summed E-state index contributed by atoms with van der Waals surface area (Å²) in [5.74, 6) is 0.789. The van der Waals surface area contributed by atoms with Gasteiger partial charge in [-0.05, 0) is 61.7 Å². The van der Waals surface area contributed by atoms with E-state index in [9.17, 15) is 14.7 Å². The van der Waals surface area contributed by atoms with Crippen molar-refractivity contribution in [1.82, 2.24) is 15.2 Å². The summed E-state index contributed by atoms with van der Waals surface area (Å²) < 4.78 is 6.31. The van der Waals surface area contributed by atoms with Crippen LogP contribution in [0.25, 0.3) is 0 Å². The summed E-state index contributed by atoms with van der Waals surface area (Å²) >= 11 is 1.21. The van der Waals surface area contributed by atoms with E-state index in [0.29, 0.717) is 23.9 Å². The monoisotopic (exact) mass is 490 g/mol. The van der Waals surface area contributed by atoms with Crippen LogP contribution >= 0.6 is 11.8 Å². The number of carbonyl (C=O) groups excluding carboxylic acids is 2. The van der Waals surface area contributed by atoms with Crippen molar-refractivity contribution < 1.29 is 19.4 Å². The van der Waals surface area contributed by atoms with Crippen LogP contribution in [-0.2, 0) is 14.3 Å². The molecule has 0 saturated heterocycles. The molecule has 0 aliphatic heterocycles. The maximum atomic E-state index is 13.5. The highest BCUT2D eigenvalue weighted by molar-refractivity contribution is 7.99. The van der Waals surface area contributed by atoms with Crippen LogP contribution < -0.4 is 5.73 Å². The highest BCUT2D eigenvalue weighted by atomic mass is 32.2. The molecule has 0 amide bonds. The van der Waals surface area contributed by atoms with Gasteiger partial charge in [0.05, 0.1) is 11.9 Å². The highest BCUT2D eigenvalue weighted by Crippen LogP contribution is 2.69. The number of anilines is 1. The fourth-order valence-electron chi connectivity index (χ4n) is 8.09. The number of thioether (sulfide) groups is 1. The van der Waals surface area contributed by atoms with Gasteiger partial charge < -0.3 is 20.6 Å². The first kappa shape index (κ1) is 24.1. The number of carbonyl (C=O) groups is 2. The van der Waals surface area contributed by atoms with Crippen LogP contribution in [0.15, 0.2) is 5.16 Å². The molecule has 8 atom stereocenters. The minimum absolute atomic E-state index is 0.0468. The maximum absolute atomic E-state index is 13.5. The molecule has 1 aromatic rings. The normalized spacial score (nSPS) is 44.3. The molecule has 2 bridgehead atoms. The number of nitrogen functional groups attached to an aromatic ring is 1. The molecule has 4 saturated carbocycles. The van der Waals surface area contributed by atoms with Gasteiger partial charge in [-0.15, -0.1) is 10.2 Å². The number of nitrogens with one attached hydrogen (secondary N) is 1. The highest BCUT2D eigenvalue weighted by Gasteiger charge is 2.69. The Hall–Kier alpha value is -1.61. The van der Waals surface area contributed by atoms with Gasteiger partial charge in [0.15, 0.2) is 5.16 Å². The second-order valence-corrected chi connectivity index (χ2v) is 12.9. The van der Waals surface area contributed by atoms with Gasteiger partial charge in [-0.2, -0.15) is 0 Å².